The lowest BCUT2D eigenvalue weighted by Crippen LogP contribution is -2.37. The summed E-state index contributed by atoms with van der Waals surface area (Å²) < 4.78 is 4.79. The predicted molar refractivity (Wildman–Crippen MR) is 121 cm³/mol. The molecule has 0 aliphatic carbocycles. The average Bonchev–Trinajstić information content (AvgIpc) is 3.35. The molecule has 0 radical (unpaired) electrons. The van der Waals surface area contributed by atoms with Gasteiger partial charge in [-0.2, -0.15) is 0 Å². The second-order valence-electron chi connectivity index (χ2n) is 8.07. The molecule has 7 nitrogen and oxygen atoms in total. The Morgan fingerprint density at radius 1 is 0.879 bits per heavy atom. The Morgan fingerprint density at radius 3 is 2.21 bits per heavy atom. The van der Waals surface area contributed by atoms with Crippen LogP contribution in [-0.4, -0.2) is 31.0 Å². The number of benzene rings is 3. The molecule has 3 aromatic carbocycles. The molecule has 0 spiro atoms. The number of para-hydroxylation sites is 2. The minimum Gasteiger partial charge on any atom is -0.465 e. The van der Waals surface area contributed by atoms with Crippen LogP contribution in [0.25, 0.3) is 0 Å². The van der Waals surface area contributed by atoms with Crippen LogP contribution in [0, 0.1) is 12.8 Å². The van der Waals surface area contributed by atoms with Gasteiger partial charge in [0, 0.05) is 0 Å². The maximum Gasteiger partial charge on any atom is 0.337 e. The second-order valence-corrected chi connectivity index (χ2v) is 8.07. The lowest BCUT2D eigenvalue weighted by atomic mass is 9.90. The van der Waals surface area contributed by atoms with E-state index in [2.05, 4.69) is 0 Å². The number of hydrogen-bond acceptors (Lipinski definition) is 6. The molecule has 0 aromatic heterocycles. The number of carbonyl (C=O) groups is 3. The van der Waals surface area contributed by atoms with Crippen LogP contribution in [0.15, 0.2) is 78.9 Å². The molecule has 2 amide bonds. The monoisotopic (exact) mass is 442 g/mol. The van der Waals surface area contributed by atoms with E-state index in [1.165, 1.54) is 12.0 Å². The smallest absolute Gasteiger partial charge is 0.337 e. The molecule has 166 valence electrons. The normalized spacial score (nSPS) is 21.9. The Balaban J connectivity index is 1.59. The van der Waals surface area contributed by atoms with Gasteiger partial charge >= 0.3 is 5.97 Å². The minimum absolute atomic E-state index is 0.311. The third kappa shape index (κ3) is 3.37. The molecule has 3 aromatic rings. The number of nitrogens with zero attached hydrogens (tertiary/aromatic N) is 2. The molecule has 2 aliphatic heterocycles. The van der Waals surface area contributed by atoms with E-state index in [1.807, 2.05) is 37.3 Å². The van der Waals surface area contributed by atoms with Crippen molar-refractivity contribution in [2.45, 2.75) is 19.1 Å². The molecule has 0 unspecified atom stereocenters. The number of hydroxylamine groups is 1. The number of aryl methyl sites for hydroxylation is 1. The standard InChI is InChI=1S/C26H22N2O5/c1-16-8-6-7-11-20(16)28-22(17-12-14-18(15-13-17)26(31)32-2)21-23(33-28)25(30)27(24(21)29)19-9-4-3-5-10-19/h3-15,21-23H,1-2H3/t21-,22-,23-/m1/s1. The zero-order valence-electron chi connectivity index (χ0n) is 18.2. The summed E-state index contributed by atoms with van der Waals surface area (Å²) in [6.07, 6.45) is -0.942. The van der Waals surface area contributed by atoms with Crippen LogP contribution in [0.2, 0.25) is 0 Å². The number of carbonyl (C=O) groups excluding carboxylic acids is 3. The van der Waals surface area contributed by atoms with Crippen molar-refractivity contribution >= 4 is 29.2 Å². The number of amides is 2. The first-order chi connectivity index (χ1) is 16.0. The van der Waals surface area contributed by atoms with E-state index in [0.29, 0.717) is 11.3 Å². The van der Waals surface area contributed by atoms with Gasteiger partial charge in [0.1, 0.15) is 5.92 Å². The quantitative estimate of drug-likeness (QED) is 0.452. The van der Waals surface area contributed by atoms with Gasteiger partial charge in [-0.3, -0.25) is 14.4 Å². The Hall–Kier alpha value is -3.97. The SMILES string of the molecule is COC(=O)c1ccc([C@@H]2[C@H]3C(=O)N(c4ccccc4)C(=O)[C@@H]3ON2c2ccccc2C)cc1. The molecule has 2 fully saturated rings. The Kier molecular flexibility index (Phi) is 5.18. The number of rotatable bonds is 4. The van der Waals surface area contributed by atoms with E-state index in [9.17, 15) is 14.4 Å². The molecular weight excluding hydrogens is 420 g/mol. The number of anilines is 2. The van der Waals surface area contributed by atoms with Gasteiger partial charge in [-0.05, 0) is 48.4 Å². The molecule has 5 rings (SSSR count). The Morgan fingerprint density at radius 2 is 1.55 bits per heavy atom. The zero-order chi connectivity index (χ0) is 23.1. The highest BCUT2D eigenvalue weighted by molar-refractivity contribution is 6.23. The van der Waals surface area contributed by atoms with Crippen molar-refractivity contribution in [2.75, 3.05) is 17.1 Å². The van der Waals surface area contributed by atoms with Crippen molar-refractivity contribution < 1.29 is 24.0 Å². The Bertz CT molecular complexity index is 1220. The summed E-state index contributed by atoms with van der Waals surface area (Å²) in [6.45, 7) is 1.95. The van der Waals surface area contributed by atoms with Crippen LogP contribution in [0.3, 0.4) is 0 Å². The summed E-state index contributed by atoms with van der Waals surface area (Å²) in [5, 5.41) is 1.66. The second kappa shape index (κ2) is 8.18. The molecular formula is C26H22N2O5. The molecule has 2 aliphatic rings. The summed E-state index contributed by atoms with van der Waals surface area (Å²) in [4.78, 5) is 46.2. The van der Waals surface area contributed by atoms with Crippen LogP contribution >= 0.6 is 0 Å². The lowest BCUT2D eigenvalue weighted by molar-refractivity contribution is -0.126. The number of ether oxygens (including phenoxy) is 1. The molecule has 0 saturated carbocycles. The maximum absolute atomic E-state index is 13.6. The third-order valence-corrected chi connectivity index (χ3v) is 6.16. The summed E-state index contributed by atoms with van der Waals surface area (Å²) in [5.41, 5.74) is 3.41. The van der Waals surface area contributed by atoms with Gasteiger partial charge in [0.2, 0.25) is 5.91 Å². The van der Waals surface area contributed by atoms with Gasteiger partial charge in [0.25, 0.3) is 5.91 Å². The first kappa shape index (κ1) is 20.9. The fourth-order valence-corrected chi connectivity index (χ4v) is 4.54. The maximum atomic E-state index is 13.6. The van der Waals surface area contributed by atoms with Crippen LogP contribution in [0.4, 0.5) is 11.4 Å². The summed E-state index contributed by atoms with van der Waals surface area (Å²) in [7, 11) is 1.33. The Labute approximate surface area is 191 Å². The summed E-state index contributed by atoms with van der Waals surface area (Å²) in [5.74, 6) is -1.88. The van der Waals surface area contributed by atoms with Crippen molar-refractivity contribution in [3.63, 3.8) is 0 Å². The summed E-state index contributed by atoms with van der Waals surface area (Å²) >= 11 is 0. The van der Waals surface area contributed by atoms with Crippen LogP contribution in [-0.2, 0) is 19.2 Å². The number of esters is 1. The third-order valence-electron chi connectivity index (χ3n) is 6.16. The van der Waals surface area contributed by atoms with Crippen LogP contribution in [0.1, 0.15) is 27.5 Å². The van der Waals surface area contributed by atoms with Crippen LogP contribution in [0.5, 0.6) is 0 Å². The van der Waals surface area contributed by atoms with Gasteiger partial charge in [0.15, 0.2) is 6.10 Å². The number of imide groups is 1. The number of methoxy groups -OCH3 is 1. The molecule has 7 heteroatoms. The van der Waals surface area contributed by atoms with Gasteiger partial charge in [-0.25, -0.2) is 14.8 Å². The molecule has 2 heterocycles. The minimum atomic E-state index is -0.942. The zero-order valence-corrected chi connectivity index (χ0v) is 18.2. The number of fused-ring (bicyclic) bond motifs is 1. The molecule has 33 heavy (non-hydrogen) atoms. The first-order valence-corrected chi connectivity index (χ1v) is 10.6. The van der Waals surface area contributed by atoms with E-state index in [0.717, 1.165) is 16.8 Å². The highest BCUT2D eigenvalue weighted by Gasteiger charge is 2.60. The van der Waals surface area contributed by atoms with Crippen molar-refractivity contribution in [1.29, 1.82) is 0 Å². The fourth-order valence-electron chi connectivity index (χ4n) is 4.54. The molecule has 3 atom stereocenters. The fraction of sp³-hybridized carbons (Fsp3) is 0.192. The van der Waals surface area contributed by atoms with E-state index >= 15 is 0 Å². The molecule has 2 saturated heterocycles. The van der Waals surface area contributed by atoms with Gasteiger partial charge in [-0.15, -0.1) is 0 Å². The largest absolute Gasteiger partial charge is 0.465 e. The first-order valence-electron chi connectivity index (χ1n) is 10.6. The van der Waals surface area contributed by atoms with E-state index < -0.39 is 24.0 Å². The van der Waals surface area contributed by atoms with Crippen molar-refractivity contribution in [3.05, 3.63) is 95.6 Å². The van der Waals surface area contributed by atoms with Crippen LogP contribution < -0.4 is 9.96 Å². The van der Waals surface area contributed by atoms with Gasteiger partial charge < -0.3 is 4.74 Å². The molecule has 0 bridgehead atoms. The van der Waals surface area contributed by atoms with E-state index in [1.54, 1.807) is 53.6 Å². The van der Waals surface area contributed by atoms with Gasteiger partial charge in [-0.1, -0.05) is 48.5 Å². The highest BCUT2D eigenvalue weighted by Crippen LogP contribution is 2.48. The predicted octanol–water partition coefficient (Wildman–Crippen LogP) is 3.83. The van der Waals surface area contributed by atoms with Gasteiger partial charge in [0.05, 0.1) is 30.1 Å². The molecule has 0 N–H and O–H groups in total. The highest BCUT2D eigenvalue weighted by atomic mass is 16.7. The van der Waals surface area contributed by atoms with Crippen molar-refractivity contribution in [1.82, 2.24) is 0 Å². The average molecular weight is 442 g/mol. The van der Waals surface area contributed by atoms with E-state index in [-0.39, 0.29) is 11.8 Å². The topological polar surface area (TPSA) is 76.2 Å². The lowest BCUT2D eigenvalue weighted by Gasteiger charge is -2.29. The van der Waals surface area contributed by atoms with Crippen molar-refractivity contribution in [2.24, 2.45) is 5.92 Å². The summed E-state index contributed by atoms with van der Waals surface area (Å²) in [6, 6.07) is 22.8. The van der Waals surface area contributed by atoms with Crippen molar-refractivity contribution in [3.8, 4) is 0 Å². The van der Waals surface area contributed by atoms with E-state index in [4.69, 9.17) is 9.57 Å². The number of hydrogen-bond donors (Lipinski definition) is 0.